The minimum atomic E-state index is -0.269. The molecule has 1 aromatic carbocycles. The number of benzene rings is 1. The van der Waals surface area contributed by atoms with E-state index in [-0.39, 0.29) is 5.97 Å². The monoisotopic (exact) mass is 277 g/mol. The standard InChI is InChI=1S/C16H23NO3/c1-17(10-13-6-5-9-20-12-13)11-14-7-3-4-8-15(14)16(18)19-2/h3-4,7-8,13H,5-6,9-12H2,1-2H3. The smallest absolute Gasteiger partial charge is 0.338 e. The molecule has 1 aliphatic heterocycles. The highest BCUT2D eigenvalue weighted by atomic mass is 16.5. The van der Waals surface area contributed by atoms with Crippen LogP contribution in [0.1, 0.15) is 28.8 Å². The number of esters is 1. The van der Waals surface area contributed by atoms with E-state index in [1.165, 1.54) is 13.5 Å². The molecule has 2 rings (SSSR count). The highest BCUT2D eigenvalue weighted by Crippen LogP contribution is 2.17. The van der Waals surface area contributed by atoms with E-state index in [0.717, 1.165) is 38.3 Å². The minimum absolute atomic E-state index is 0.269. The number of carbonyl (C=O) groups excluding carboxylic acids is 1. The highest BCUT2D eigenvalue weighted by Gasteiger charge is 2.17. The van der Waals surface area contributed by atoms with Crippen molar-refractivity contribution in [2.75, 3.05) is 33.9 Å². The number of rotatable bonds is 5. The van der Waals surface area contributed by atoms with Gasteiger partial charge < -0.3 is 14.4 Å². The summed E-state index contributed by atoms with van der Waals surface area (Å²) in [6, 6.07) is 7.63. The van der Waals surface area contributed by atoms with Crippen molar-refractivity contribution in [2.24, 2.45) is 5.92 Å². The van der Waals surface area contributed by atoms with Gasteiger partial charge in [-0.3, -0.25) is 0 Å². The van der Waals surface area contributed by atoms with Crippen LogP contribution in [0.4, 0.5) is 0 Å². The van der Waals surface area contributed by atoms with E-state index in [4.69, 9.17) is 9.47 Å². The molecule has 0 bridgehead atoms. The summed E-state index contributed by atoms with van der Waals surface area (Å²) in [4.78, 5) is 14.0. The second kappa shape index (κ2) is 7.41. The summed E-state index contributed by atoms with van der Waals surface area (Å²) in [7, 11) is 3.50. The van der Waals surface area contributed by atoms with E-state index in [1.807, 2.05) is 24.3 Å². The fourth-order valence-electron chi connectivity index (χ4n) is 2.71. The summed E-state index contributed by atoms with van der Waals surface area (Å²) in [5, 5.41) is 0. The first kappa shape index (κ1) is 15.0. The van der Waals surface area contributed by atoms with Crippen LogP contribution in [-0.4, -0.2) is 44.8 Å². The Morgan fingerprint density at radius 2 is 2.25 bits per heavy atom. The predicted octanol–water partition coefficient (Wildman–Crippen LogP) is 2.33. The van der Waals surface area contributed by atoms with Gasteiger partial charge in [0.25, 0.3) is 0 Å². The van der Waals surface area contributed by atoms with Crippen LogP contribution in [0.25, 0.3) is 0 Å². The summed E-state index contributed by atoms with van der Waals surface area (Å²) >= 11 is 0. The molecule has 0 spiro atoms. The summed E-state index contributed by atoms with van der Waals surface area (Å²) in [5.74, 6) is 0.328. The second-order valence-corrected chi connectivity index (χ2v) is 5.43. The van der Waals surface area contributed by atoms with Crippen LogP contribution < -0.4 is 0 Å². The van der Waals surface area contributed by atoms with E-state index in [0.29, 0.717) is 11.5 Å². The molecule has 1 aromatic rings. The zero-order valence-electron chi connectivity index (χ0n) is 12.3. The number of nitrogens with zero attached hydrogens (tertiary/aromatic N) is 1. The zero-order valence-corrected chi connectivity index (χ0v) is 12.3. The molecule has 0 saturated carbocycles. The van der Waals surface area contributed by atoms with E-state index < -0.39 is 0 Å². The number of hydrogen-bond acceptors (Lipinski definition) is 4. The average Bonchev–Trinajstić information content (AvgIpc) is 2.48. The van der Waals surface area contributed by atoms with Crippen molar-refractivity contribution in [1.29, 1.82) is 0 Å². The molecule has 4 nitrogen and oxygen atoms in total. The Kier molecular flexibility index (Phi) is 5.56. The minimum Gasteiger partial charge on any atom is -0.465 e. The molecule has 20 heavy (non-hydrogen) atoms. The van der Waals surface area contributed by atoms with Crippen LogP contribution >= 0.6 is 0 Å². The van der Waals surface area contributed by atoms with Crippen molar-refractivity contribution < 1.29 is 14.3 Å². The van der Waals surface area contributed by atoms with Gasteiger partial charge in [-0.1, -0.05) is 18.2 Å². The van der Waals surface area contributed by atoms with Gasteiger partial charge in [0.2, 0.25) is 0 Å². The summed E-state index contributed by atoms with van der Waals surface area (Å²) < 4.78 is 10.3. The average molecular weight is 277 g/mol. The van der Waals surface area contributed by atoms with E-state index in [9.17, 15) is 4.79 Å². The first-order valence-corrected chi connectivity index (χ1v) is 7.13. The van der Waals surface area contributed by atoms with Crippen molar-refractivity contribution in [3.8, 4) is 0 Å². The van der Waals surface area contributed by atoms with Crippen molar-refractivity contribution in [2.45, 2.75) is 19.4 Å². The molecular weight excluding hydrogens is 254 g/mol. The Balaban J connectivity index is 1.96. The molecule has 1 heterocycles. The van der Waals surface area contributed by atoms with Gasteiger partial charge in [-0.05, 0) is 37.4 Å². The maximum Gasteiger partial charge on any atom is 0.338 e. The number of hydrogen-bond donors (Lipinski definition) is 0. The first-order chi connectivity index (χ1) is 9.70. The third kappa shape index (κ3) is 4.05. The Morgan fingerprint density at radius 1 is 1.45 bits per heavy atom. The highest BCUT2D eigenvalue weighted by molar-refractivity contribution is 5.90. The lowest BCUT2D eigenvalue weighted by Gasteiger charge is -2.27. The zero-order chi connectivity index (χ0) is 14.4. The molecule has 1 saturated heterocycles. The lowest BCUT2D eigenvalue weighted by molar-refractivity contribution is 0.0410. The largest absolute Gasteiger partial charge is 0.465 e. The molecule has 0 aliphatic carbocycles. The normalized spacial score (nSPS) is 19.1. The van der Waals surface area contributed by atoms with E-state index in [2.05, 4.69) is 11.9 Å². The lowest BCUT2D eigenvalue weighted by Crippen LogP contribution is -2.31. The summed E-state index contributed by atoms with van der Waals surface area (Å²) in [5.41, 5.74) is 1.67. The Hall–Kier alpha value is -1.39. The summed E-state index contributed by atoms with van der Waals surface area (Å²) in [6.07, 6.45) is 2.38. The molecule has 0 radical (unpaired) electrons. The van der Waals surface area contributed by atoms with Gasteiger partial charge in [0, 0.05) is 19.7 Å². The molecule has 1 aliphatic rings. The number of methoxy groups -OCH3 is 1. The molecular formula is C16H23NO3. The Labute approximate surface area is 120 Å². The lowest BCUT2D eigenvalue weighted by atomic mass is 10.0. The van der Waals surface area contributed by atoms with Gasteiger partial charge in [-0.25, -0.2) is 4.79 Å². The maximum atomic E-state index is 11.7. The second-order valence-electron chi connectivity index (χ2n) is 5.43. The van der Waals surface area contributed by atoms with Gasteiger partial charge in [0.05, 0.1) is 19.3 Å². The van der Waals surface area contributed by atoms with Gasteiger partial charge in [-0.2, -0.15) is 0 Å². The van der Waals surface area contributed by atoms with Crippen molar-refractivity contribution >= 4 is 5.97 Å². The van der Waals surface area contributed by atoms with Crippen LogP contribution in [0.3, 0.4) is 0 Å². The molecule has 110 valence electrons. The van der Waals surface area contributed by atoms with E-state index >= 15 is 0 Å². The van der Waals surface area contributed by atoms with Gasteiger partial charge in [0.1, 0.15) is 0 Å². The van der Waals surface area contributed by atoms with Crippen LogP contribution in [-0.2, 0) is 16.0 Å². The SMILES string of the molecule is COC(=O)c1ccccc1CN(C)CC1CCCOC1. The first-order valence-electron chi connectivity index (χ1n) is 7.13. The van der Waals surface area contributed by atoms with Crippen molar-refractivity contribution in [3.63, 3.8) is 0 Å². The van der Waals surface area contributed by atoms with Crippen LogP contribution in [0.2, 0.25) is 0 Å². The third-order valence-corrected chi connectivity index (χ3v) is 3.69. The van der Waals surface area contributed by atoms with Crippen molar-refractivity contribution in [1.82, 2.24) is 4.90 Å². The quantitative estimate of drug-likeness (QED) is 0.774. The predicted molar refractivity (Wildman–Crippen MR) is 77.7 cm³/mol. The number of ether oxygens (including phenoxy) is 2. The molecule has 4 heteroatoms. The molecule has 1 unspecified atom stereocenters. The van der Waals surface area contributed by atoms with Gasteiger partial charge >= 0.3 is 5.97 Å². The Bertz CT molecular complexity index is 441. The molecule has 1 atom stereocenters. The van der Waals surface area contributed by atoms with Crippen molar-refractivity contribution in [3.05, 3.63) is 35.4 Å². The van der Waals surface area contributed by atoms with Crippen LogP contribution in [0.5, 0.6) is 0 Å². The van der Waals surface area contributed by atoms with Crippen LogP contribution in [0.15, 0.2) is 24.3 Å². The molecule has 0 amide bonds. The Morgan fingerprint density at radius 3 is 2.95 bits per heavy atom. The molecule has 0 N–H and O–H groups in total. The fourth-order valence-corrected chi connectivity index (χ4v) is 2.71. The maximum absolute atomic E-state index is 11.7. The van der Waals surface area contributed by atoms with E-state index in [1.54, 1.807) is 0 Å². The number of carbonyl (C=O) groups is 1. The third-order valence-electron chi connectivity index (χ3n) is 3.69. The summed E-state index contributed by atoms with van der Waals surface area (Å²) in [6.45, 7) is 3.49. The molecule has 0 aromatic heterocycles. The topological polar surface area (TPSA) is 38.8 Å². The van der Waals surface area contributed by atoms with Gasteiger partial charge in [-0.15, -0.1) is 0 Å². The van der Waals surface area contributed by atoms with Crippen LogP contribution in [0, 0.1) is 5.92 Å². The molecule has 1 fully saturated rings. The fraction of sp³-hybridized carbons (Fsp3) is 0.562. The van der Waals surface area contributed by atoms with Gasteiger partial charge in [0.15, 0.2) is 0 Å².